The van der Waals surface area contributed by atoms with Gasteiger partial charge in [0.2, 0.25) is 0 Å². The predicted octanol–water partition coefficient (Wildman–Crippen LogP) is 3.10. The molecule has 1 heterocycles. The third-order valence-electron chi connectivity index (χ3n) is 3.19. The van der Waals surface area contributed by atoms with E-state index in [-0.39, 0.29) is 0 Å². The van der Waals surface area contributed by atoms with Gasteiger partial charge in [-0.05, 0) is 50.3 Å². The van der Waals surface area contributed by atoms with Crippen molar-refractivity contribution in [2.45, 2.75) is 33.1 Å². The van der Waals surface area contributed by atoms with E-state index in [0.717, 1.165) is 30.0 Å². The summed E-state index contributed by atoms with van der Waals surface area (Å²) in [6.45, 7) is 5.95. The second-order valence-electron chi connectivity index (χ2n) is 4.72. The van der Waals surface area contributed by atoms with E-state index in [1.165, 1.54) is 19.3 Å². The molecule has 0 atom stereocenters. The molecular formula is C14H20N2O. The molecule has 0 radical (unpaired) electrons. The smallest absolute Gasteiger partial charge is 0.289 e. The lowest BCUT2D eigenvalue weighted by Crippen LogP contribution is -2.38. The van der Waals surface area contributed by atoms with E-state index in [4.69, 9.17) is 10.1 Å². The van der Waals surface area contributed by atoms with Crippen molar-refractivity contribution in [3.8, 4) is 5.75 Å². The largest absolute Gasteiger partial charge is 0.426 e. The number of piperidine rings is 1. The standard InChI is InChI=1S/C14H20N2O/c1-11-6-7-12(2)13(10-11)17-14(15)16-8-4-3-5-9-16/h6-7,10,15H,3-5,8-9H2,1-2H3. The van der Waals surface area contributed by atoms with Crippen LogP contribution in [0.3, 0.4) is 0 Å². The third-order valence-corrected chi connectivity index (χ3v) is 3.19. The van der Waals surface area contributed by atoms with Crippen molar-refractivity contribution >= 4 is 6.02 Å². The van der Waals surface area contributed by atoms with Crippen molar-refractivity contribution in [3.05, 3.63) is 29.3 Å². The average molecular weight is 232 g/mol. The number of hydrogen-bond donors (Lipinski definition) is 1. The Balaban J connectivity index is 2.04. The minimum absolute atomic E-state index is 0.290. The van der Waals surface area contributed by atoms with Crippen LogP contribution in [0.25, 0.3) is 0 Å². The summed E-state index contributed by atoms with van der Waals surface area (Å²) in [5.74, 6) is 0.806. The highest BCUT2D eigenvalue weighted by Gasteiger charge is 2.15. The second-order valence-corrected chi connectivity index (χ2v) is 4.72. The van der Waals surface area contributed by atoms with Crippen molar-refractivity contribution in [2.24, 2.45) is 0 Å². The van der Waals surface area contributed by atoms with Gasteiger partial charge in [-0.25, -0.2) is 0 Å². The maximum Gasteiger partial charge on any atom is 0.289 e. The monoisotopic (exact) mass is 232 g/mol. The van der Waals surface area contributed by atoms with E-state index in [1.807, 2.05) is 30.9 Å². The number of nitrogens with zero attached hydrogens (tertiary/aromatic N) is 1. The van der Waals surface area contributed by atoms with Crippen molar-refractivity contribution in [2.75, 3.05) is 13.1 Å². The first-order chi connectivity index (χ1) is 8.16. The summed E-state index contributed by atoms with van der Waals surface area (Å²) in [5.41, 5.74) is 2.24. The molecule has 3 nitrogen and oxygen atoms in total. The molecule has 0 aliphatic carbocycles. The number of benzene rings is 1. The van der Waals surface area contributed by atoms with Gasteiger partial charge in [0.15, 0.2) is 0 Å². The van der Waals surface area contributed by atoms with Crippen LogP contribution < -0.4 is 4.74 Å². The minimum atomic E-state index is 0.290. The Morgan fingerprint density at radius 1 is 1.18 bits per heavy atom. The highest BCUT2D eigenvalue weighted by atomic mass is 16.5. The van der Waals surface area contributed by atoms with Crippen molar-refractivity contribution in [3.63, 3.8) is 0 Å². The molecule has 2 rings (SSSR count). The van der Waals surface area contributed by atoms with Crippen LogP contribution in [0.1, 0.15) is 30.4 Å². The van der Waals surface area contributed by atoms with Crippen LogP contribution in [0, 0.1) is 19.3 Å². The third kappa shape index (κ3) is 2.99. The van der Waals surface area contributed by atoms with Crippen molar-refractivity contribution < 1.29 is 4.74 Å². The fourth-order valence-electron chi connectivity index (χ4n) is 2.08. The molecule has 0 aromatic heterocycles. The van der Waals surface area contributed by atoms with E-state index >= 15 is 0 Å². The first kappa shape index (κ1) is 12.0. The number of aryl methyl sites for hydroxylation is 2. The summed E-state index contributed by atoms with van der Waals surface area (Å²) in [6.07, 6.45) is 3.60. The molecule has 0 spiro atoms. The number of amidine groups is 1. The zero-order chi connectivity index (χ0) is 12.3. The van der Waals surface area contributed by atoms with Gasteiger partial charge >= 0.3 is 0 Å². The molecule has 1 aliphatic heterocycles. The van der Waals surface area contributed by atoms with Crippen molar-refractivity contribution in [1.29, 1.82) is 5.41 Å². The lowest BCUT2D eigenvalue weighted by molar-refractivity contribution is 0.287. The Morgan fingerprint density at radius 3 is 2.59 bits per heavy atom. The molecule has 0 unspecified atom stereocenters. The summed E-state index contributed by atoms with van der Waals surface area (Å²) in [6, 6.07) is 6.38. The van der Waals surface area contributed by atoms with Gasteiger partial charge in [0.05, 0.1) is 0 Å². The maximum absolute atomic E-state index is 7.99. The molecule has 17 heavy (non-hydrogen) atoms. The Morgan fingerprint density at radius 2 is 1.88 bits per heavy atom. The van der Waals surface area contributed by atoms with E-state index < -0.39 is 0 Å². The molecular weight excluding hydrogens is 212 g/mol. The minimum Gasteiger partial charge on any atom is -0.426 e. The van der Waals surface area contributed by atoms with Crippen LogP contribution >= 0.6 is 0 Å². The zero-order valence-electron chi connectivity index (χ0n) is 10.6. The Kier molecular flexibility index (Phi) is 3.67. The van der Waals surface area contributed by atoms with Crippen LogP contribution in [0.15, 0.2) is 18.2 Å². The summed E-state index contributed by atoms with van der Waals surface area (Å²) in [5, 5.41) is 7.99. The van der Waals surface area contributed by atoms with E-state index in [1.54, 1.807) is 0 Å². The Hall–Kier alpha value is -1.51. The number of nitrogens with one attached hydrogen (secondary N) is 1. The molecule has 1 saturated heterocycles. The van der Waals surface area contributed by atoms with Gasteiger partial charge in [0, 0.05) is 13.1 Å². The van der Waals surface area contributed by atoms with Crippen LogP contribution in [0.5, 0.6) is 5.75 Å². The summed E-state index contributed by atoms with van der Waals surface area (Å²) >= 11 is 0. The zero-order valence-corrected chi connectivity index (χ0v) is 10.6. The van der Waals surface area contributed by atoms with Gasteiger partial charge in [-0.3, -0.25) is 5.41 Å². The highest BCUT2D eigenvalue weighted by Crippen LogP contribution is 2.20. The second kappa shape index (κ2) is 5.21. The molecule has 1 aromatic carbocycles. The lowest BCUT2D eigenvalue weighted by Gasteiger charge is -2.28. The van der Waals surface area contributed by atoms with Crippen LogP contribution in [0.2, 0.25) is 0 Å². The van der Waals surface area contributed by atoms with Gasteiger partial charge in [-0.1, -0.05) is 12.1 Å². The molecule has 3 heteroatoms. The Labute approximate surface area is 103 Å². The molecule has 1 aromatic rings. The fraction of sp³-hybridized carbons (Fsp3) is 0.500. The van der Waals surface area contributed by atoms with Crippen LogP contribution in [0.4, 0.5) is 0 Å². The topological polar surface area (TPSA) is 36.3 Å². The fourth-order valence-corrected chi connectivity index (χ4v) is 2.08. The highest BCUT2D eigenvalue weighted by molar-refractivity contribution is 5.73. The number of likely N-dealkylation sites (tertiary alicyclic amines) is 1. The van der Waals surface area contributed by atoms with Gasteiger partial charge in [0.1, 0.15) is 5.75 Å². The number of ether oxygens (including phenoxy) is 1. The van der Waals surface area contributed by atoms with Gasteiger partial charge in [-0.15, -0.1) is 0 Å². The SMILES string of the molecule is Cc1ccc(C)c(OC(=N)N2CCCCC2)c1. The first-order valence-electron chi connectivity index (χ1n) is 6.25. The molecule has 1 aliphatic rings. The lowest BCUT2D eigenvalue weighted by atomic mass is 10.1. The van der Waals surface area contributed by atoms with Crippen molar-refractivity contribution in [1.82, 2.24) is 4.90 Å². The molecule has 92 valence electrons. The molecule has 0 bridgehead atoms. The van der Waals surface area contributed by atoms with E-state index in [2.05, 4.69) is 6.07 Å². The first-order valence-corrected chi connectivity index (χ1v) is 6.25. The summed E-state index contributed by atoms with van der Waals surface area (Å²) in [4.78, 5) is 2.02. The average Bonchev–Trinajstić information content (AvgIpc) is 2.35. The number of hydrogen-bond acceptors (Lipinski definition) is 2. The molecule has 1 N–H and O–H groups in total. The van der Waals surface area contributed by atoms with Crippen LogP contribution in [-0.2, 0) is 0 Å². The maximum atomic E-state index is 7.99. The molecule has 1 fully saturated rings. The van der Waals surface area contributed by atoms with Gasteiger partial charge < -0.3 is 9.64 Å². The number of rotatable bonds is 1. The predicted molar refractivity (Wildman–Crippen MR) is 69.7 cm³/mol. The van der Waals surface area contributed by atoms with E-state index in [0.29, 0.717) is 6.02 Å². The van der Waals surface area contributed by atoms with Gasteiger partial charge in [0.25, 0.3) is 6.02 Å². The van der Waals surface area contributed by atoms with Gasteiger partial charge in [-0.2, -0.15) is 0 Å². The summed E-state index contributed by atoms with van der Waals surface area (Å²) < 4.78 is 5.67. The van der Waals surface area contributed by atoms with E-state index in [9.17, 15) is 0 Å². The molecule has 0 saturated carbocycles. The normalized spacial score (nSPS) is 15.8. The van der Waals surface area contributed by atoms with Crippen LogP contribution in [-0.4, -0.2) is 24.0 Å². The quantitative estimate of drug-likeness (QED) is 0.596. The summed E-state index contributed by atoms with van der Waals surface area (Å²) in [7, 11) is 0. The molecule has 0 amide bonds. The Bertz CT molecular complexity index is 409.